The second-order valence-electron chi connectivity index (χ2n) is 3.36. The molecule has 17 heavy (non-hydrogen) atoms. The normalized spacial score (nSPS) is 12.0. The van der Waals surface area contributed by atoms with E-state index in [0.717, 1.165) is 0 Å². The van der Waals surface area contributed by atoms with Crippen molar-refractivity contribution in [3.05, 3.63) is 29.6 Å². The van der Waals surface area contributed by atoms with E-state index in [1.54, 1.807) is 26.8 Å². The number of allylic oxidation sites excluding steroid dienone is 1. The van der Waals surface area contributed by atoms with Crippen LogP contribution >= 0.6 is 0 Å². The highest BCUT2D eigenvalue weighted by Crippen LogP contribution is 2.22. The highest BCUT2D eigenvalue weighted by molar-refractivity contribution is 5.94. The van der Waals surface area contributed by atoms with Crippen LogP contribution in [0.3, 0.4) is 0 Å². The SMILES string of the molecule is CCOC(=O)/C(F)=C(\CC)c1ccnc(C)n1. The fourth-order valence-electron chi connectivity index (χ4n) is 1.39. The van der Waals surface area contributed by atoms with Crippen LogP contribution in [0.25, 0.3) is 5.57 Å². The molecule has 0 saturated heterocycles. The zero-order valence-electron chi connectivity index (χ0n) is 10.2. The van der Waals surface area contributed by atoms with Crippen molar-refractivity contribution in [2.24, 2.45) is 0 Å². The molecule has 92 valence electrons. The molecule has 4 nitrogen and oxygen atoms in total. The highest BCUT2D eigenvalue weighted by atomic mass is 19.1. The maximum absolute atomic E-state index is 13.8. The van der Waals surface area contributed by atoms with E-state index in [-0.39, 0.29) is 12.2 Å². The molecule has 1 heterocycles. The Balaban J connectivity index is 3.13. The Morgan fingerprint density at radius 3 is 2.71 bits per heavy atom. The lowest BCUT2D eigenvalue weighted by molar-refractivity contribution is -0.140. The van der Waals surface area contributed by atoms with Crippen LogP contribution in [0.15, 0.2) is 18.1 Å². The molecule has 0 bridgehead atoms. The van der Waals surface area contributed by atoms with Crippen molar-refractivity contribution in [1.29, 1.82) is 0 Å². The van der Waals surface area contributed by atoms with E-state index >= 15 is 0 Å². The van der Waals surface area contributed by atoms with Crippen LogP contribution < -0.4 is 0 Å². The molecule has 0 amide bonds. The Labute approximate surface area is 99.5 Å². The zero-order valence-corrected chi connectivity index (χ0v) is 10.2. The van der Waals surface area contributed by atoms with Crippen molar-refractivity contribution in [3.8, 4) is 0 Å². The van der Waals surface area contributed by atoms with Crippen LogP contribution in [-0.2, 0) is 9.53 Å². The van der Waals surface area contributed by atoms with Gasteiger partial charge in [0.05, 0.1) is 12.3 Å². The second kappa shape index (κ2) is 6.08. The quantitative estimate of drug-likeness (QED) is 0.597. The summed E-state index contributed by atoms with van der Waals surface area (Å²) in [4.78, 5) is 19.3. The first-order chi connectivity index (χ1) is 8.10. The molecule has 0 fully saturated rings. The van der Waals surface area contributed by atoms with Gasteiger partial charge in [-0.1, -0.05) is 6.92 Å². The van der Waals surface area contributed by atoms with Gasteiger partial charge >= 0.3 is 5.97 Å². The predicted octanol–water partition coefficient (Wildman–Crippen LogP) is 2.44. The number of nitrogens with zero attached hydrogens (tertiary/aromatic N) is 2. The van der Waals surface area contributed by atoms with Crippen molar-refractivity contribution in [2.45, 2.75) is 27.2 Å². The smallest absolute Gasteiger partial charge is 0.367 e. The van der Waals surface area contributed by atoms with Gasteiger partial charge in [-0.15, -0.1) is 0 Å². The second-order valence-corrected chi connectivity index (χ2v) is 3.36. The third-order valence-corrected chi connectivity index (χ3v) is 2.16. The zero-order chi connectivity index (χ0) is 12.8. The van der Waals surface area contributed by atoms with Gasteiger partial charge in [-0.3, -0.25) is 0 Å². The summed E-state index contributed by atoms with van der Waals surface area (Å²) in [5.74, 6) is -1.29. The summed E-state index contributed by atoms with van der Waals surface area (Å²) in [6.45, 7) is 5.24. The molecular weight excluding hydrogens is 223 g/mol. The number of rotatable bonds is 4. The summed E-state index contributed by atoms with van der Waals surface area (Å²) in [7, 11) is 0. The standard InChI is InChI=1S/C12H15FN2O2/c1-4-9(11(13)12(16)17-5-2)10-6-7-14-8(3)15-10/h6-7H,4-5H2,1-3H3/b11-9-. The van der Waals surface area contributed by atoms with Gasteiger partial charge in [0.2, 0.25) is 5.83 Å². The monoisotopic (exact) mass is 238 g/mol. The molecule has 1 aromatic heterocycles. The topological polar surface area (TPSA) is 52.1 Å². The minimum absolute atomic E-state index is 0.145. The van der Waals surface area contributed by atoms with Gasteiger partial charge in [0.25, 0.3) is 0 Å². The number of aryl methyl sites for hydroxylation is 1. The first kappa shape index (κ1) is 13.3. The summed E-state index contributed by atoms with van der Waals surface area (Å²) in [6.07, 6.45) is 1.90. The molecule has 1 rings (SSSR count). The lowest BCUT2D eigenvalue weighted by Crippen LogP contribution is -2.07. The van der Waals surface area contributed by atoms with Gasteiger partial charge in [-0.05, 0) is 26.3 Å². The fraction of sp³-hybridized carbons (Fsp3) is 0.417. The van der Waals surface area contributed by atoms with Gasteiger partial charge in [0, 0.05) is 11.8 Å². The minimum atomic E-state index is -0.944. The number of hydrogen-bond donors (Lipinski definition) is 0. The van der Waals surface area contributed by atoms with Crippen molar-refractivity contribution in [1.82, 2.24) is 9.97 Å². The van der Waals surface area contributed by atoms with E-state index in [0.29, 0.717) is 17.9 Å². The van der Waals surface area contributed by atoms with Gasteiger partial charge in [0.1, 0.15) is 5.82 Å². The predicted molar refractivity (Wildman–Crippen MR) is 61.7 cm³/mol. The molecule has 0 atom stereocenters. The van der Waals surface area contributed by atoms with Gasteiger partial charge in [-0.2, -0.15) is 4.39 Å². The van der Waals surface area contributed by atoms with Crippen molar-refractivity contribution in [2.75, 3.05) is 6.61 Å². The van der Waals surface area contributed by atoms with Gasteiger partial charge in [0.15, 0.2) is 0 Å². The van der Waals surface area contributed by atoms with Crippen LogP contribution in [0.4, 0.5) is 4.39 Å². The Morgan fingerprint density at radius 1 is 1.47 bits per heavy atom. The van der Waals surface area contributed by atoms with Crippen molar-refractivity contribution in [3.63, 3.8) is 0 Å². The number of carbonyl (C=O) groups is 1. The lowest BCUT2D eigenvalue weighted by Gasteiger charge is -2.06. The lowest BCUT2D eigenvalue weighted by atomic mass is 10.1. The molecule has 0 aliphatic rings. The third kappa shape index (κ3) is 3.34. The van der Waals surface area contributed by atoms with Gasteiger partial charge in [-0.25, -0.2) is 14.8 Å². The van der Waals surface area contributed by atoms with Crippen molar-refractivity contribution >= 4 is 11.5 Å². The number of carbonyl (C=O) groups excluding carboxylic acids is 1. The Morgan fingerprint density at radius 2 is 2.18 bits per heavy atom. The number of halogens is 1. The first-order valence-electron chi connectivity index (χ1n) is 5.45. The van der Waals surface area contributed by atoms with Crippen LogP contribution in [-0.4, -0.2) is 22.5 Å². The summed E-state index contributed by atoms with van der Waals surface area (Å²) in [5.41, 5.74) is 0.666. The largest absolute Gasteiger partial charge is 0.461 e. The van der Waals surface area contributed by atoms with Crippen LogP contribution in [0, 0.1) is 6.92 Å². The number of ether oxygens (including phenoxy) is 1. The summed E-state index contributed by atoms with van der Waals surface area (Å²) in [6, 6.07) is 1.57. The van der Waals surface area contributed by atoms with E-state index in [9.17, 15) is 9.18 Å². The third-order valence-electron chi connectivity index (χ3n) is 2.16. The van der Waals surface area contributed by atoms with E-state index in [2.05, 4.69) is 14.7 Å². The molecule has 0 aliphatic carbocycles. The van der Waals surface area contributed by atoms with Crippen LogP contribution in [0.2, 0.25) is 0 Å². The average Bonchev–Trinajstić information content (AvgIpc) is 2.30. The maximum Gasteiger partial charge on any atom is 0.367 e. The Bertz CT molecular complexity index is 444. The molecular formula is C12H15FN2O2. The Hall–Kier alpha value is -1.78. The molecule has 1 aromatic rings. The molecule has 0 N–H and O–H groups in total. The minimum Gasteiger partial charge on any atom is -0.461 e. The van der Waals surface area contributed by atoms with Crippen LogP contribution in [0.1, 0.15) is 31.8 Å². The maximum atomic E-state index is 13.8. The van der Waals surface area contributed by atoms with Gasteiger partial charge < -0.3 is 4.74 Å². The summed E-state index contributed by atoms with van der Waals surface area (Å²) < 4.78 is 18.4. The number of hydrogen-bond acceptors (Lipinski definition) is 4. The molecule has 0 radical (unpaired) electrons. The van der Waals surface area contributed by atoms with E-state index in [1.165, 1.54) is 6.20 Å². The average molecular weight is 238 g/mol. The summed E-state index contributed by atoms with van der Waals surface area (Å²) in [5, 5.41) is 0. The molecule has 0 aliphatic heterocycles. The van der Waals surface area contributed by atoms with E-state index < -0.39 is 11.8 Å². The fourth-order valence-corrected chi connectivity index (χ4v) is 1.39. The van der Waals surface area contributed by atoms with Crippen LogP contribution in [0.5, 0.6) is 0 Å². The van der Waals surface area contributed by atoms with E-state index in [1.807, 2.05) is 0 Å². The number of aromatic nitrogens is 2. The molecule has 5 heteroatoms. The molecule has 0 saturated carbocycles. The molecule has 0 unspecified atom stereocenters. The summed E-state index contributed by atoms with van der Waals surface area (Å²) >= 11 is 0. The molecule has 0 spiro atoms. The molecule has 0 aromatic carbocycles. The first-order valence-corrected chi connectivity index (χ1v) is 5.45. The van der Waals surface area contributed by atoms with Crippen molar-refractivity contribution < 1.29 is 13.9 Å². The van der Waals surface area contributed by atoms with E-state index in [4.69, 9.17) is 0 Å². The number of esters is 1. The highest BCUT2D eigenvalue weighted by Gasteiger charge is 2.17. The Kier molecular flexibility index (Phi) is 4.75.